The van der Waals surface area contributed by atoms with Crippen molar-refractivity contribution in [2.24, 2.45) is 0 Å². The Morgan fingerprint density at radius 1 is 0.674 bits per heavy atom. The van der Waals surface area contributed by atoms with Crippen molar-refractivity contribution in [3.05, 3.63) is 94.6 Å². The van der Waals surface area contributed by atoms with Gasteiger partial charge in [-0.1, -0.05) is 65.8 Å². The molecule has 217 valence electrons. The van der Waals surface area contributed by atoms with Gasteiger partial charge >= 0.3 is 11.9 Å². The number of carboxylic acid groups (broad SMARTS) is 2. The Balaban J connectivity index is 0.00000423. The molecular weight excluding hydrogens is 643 g/mol. The first kappa shape index (κ1) is 31.8. The van der Waals surface area contributed by atoms with Crippen LogP contribution in [-0.4, -0.2) is 58.0 Å². The summed E-state index contributed by atoms with van der Waals surface area (Å²) >= 11 is 0. The molecule has 5 rings (SSSR count). The van der Waals surface area contributed by atoms with Gasteiger partial charge in [0.1, 0.15) is 0 Å². The number of carboxylic acids is 2. The Labute approximate surface area is 268 Å². The molecule has 0 atom stereocenters. The van der Waals surface area contributed by atoms with Gasteiger partial charge in [-0.05, 0) is 57.7 Å². The van der Waals surface area contributed by atoms with Gasteiger partial charge in [-0.2, -0.15) is 0 Å². The monoisotopic (exact) mass is 675 g/mol. The summed E-state index contributed by atoms with van der Waals surface area (Å²) in [7, 11) is 0. The number of rotatable bonds is 8. The summed E-state index contributed by atoms with van der Waals surface area (Å²) in [6, 6.07) is 7.62. The summed E-state index contributed by atoms with van der Waals surface area (Å²) in [6.45, 7) is 15.9. The van der Waals surface area contributed by atoms with Crippen LogP contribution in [-0.2, 0) is 22.4 Å². The quantitative estimate of drug-likeness (QED) is 0.294. The van der Waals surface area contributed by atoms with Crippen LogP contribution in [0.1, 0.15) is 71.7 Å². The molecule has 3 aromatic heterocycles. The molecule has 8 bridgehead atoms. The van der Waals surface area contributed by atoms with Gasteiger partial charge in [-0.3, -0.25) is 9.59 Å². The number of hydrogen-bond donors (Lipinski definition) is 2. The molecule has 3 radical (unpaired) electrons. The van der Waals surface area contributed by atoms with Crippen LogP contribution < -0.4 is 9.97 Å². The Morgan fingerprint density at radius 3 is 1.49 bits per heavy atom. The van der Waals surface area contributed by atoms with Crippen LogP contribution in [0.5, 0.6) is 0 Å². The minimum Gasteiger partial charge on any atom is -0.657 e. The van der Waals surface area contributed by atoms with Gasteiger partial charge < -0.3 is 20.2 Å². The van der Waals surface area contributed by atoms with Crippen LogP contribution in [0, 0.1) is 13.8 Å². The number of allylic oxidation sites excluding steroid dienone is 6. The van der Waals surface area contributed by atoms with Crippen LogP contribution >= 0.6 is 0 Å². The molecule has 0 amide bonds. The first-order valence-corrected chi connectivity index (χ1v) is 13.8. The molecule has 2 aliphatic heterocycles. The first-order chi connectivity index (χ1) is 20.0. The zero-order chi connectivity index (χ0) is 30.3. The van der Waals surface area contributed by atoms with Gasteiger partial charge in [-0.25, -0.2) is 9.97 Å². The van der Waals surface area contributed by atoms with Gasteiger partial charge in [0.25, 0.3) is 0 Å². The Kier molecular flexibility index (Phi) is 9.35. The van der Waals surface area contributed by atoms with E-state index in [-0.39, 0.29) is 38.7 Å². The molecule has 43 heavy (non-hydrogen) atoms. The van der Waals surface area contributed by atoms with Gasteiger partial charge in [0.15, 0.2) is 0 Å². The molecule has 0 aliphatic carbocycles. The molecule has 0 saturated carbocycles. The van der Waals surface area contributed by atoms with Crippen LogP contribution in [0.4, 0.5) is 0 Å². The molecule has 5 heterocycles. The fourth-order valence-corrected chi connectivity index (χ4v) is 5.61. The fourth-order valence-electron chi connectivity index (χ4n) is 5.61. The smallest absolute Gasteiger partial charge is 0.303 e. The topological polar surface area (TPSA) is 129 Å². The molecule has 0 aromatic carbocycles. The third-order valence-electron chi connectivity index (χ3n) is 8.06. The van der Waals surface area contributed by atoms with Crippen molar-refractivity contribution in [1.29, 1.82) is 0 Å². The first-order valence-electron chi connectivity index (χ1n) is 13.8. The van der Waals surface area contributed by atoms with E-state index < -0.39 is 11.9 Å². The summed E-state index contributed by atoms with van der Waals surface area (Å²) < 4.78 is 0. The van der Waals surface area contributed by atoms with Gasteiger partial charge in [0.05, 0.1) is 22.8 Å². The van der Waals surface area contributed by atoms with Crippen molar-refractivity contribution >= 4 is 82.1 Å². The predicted molar refractivity (Wildman–Crippen MR) is 171 cm³/mol. The second-order valence-electron chi connectivity index (χ2n) is 10.6. The number of aryl methyl sites for hydroxylation is 4. The van der Waals surface area contributed by atoms with Crippen molar-refractivity contribution in [2.75, 3.05) is 0 Å². The largest absolute Gasteiger partial charge is 0.657 e. The van der Waals surface area contributed by atoms with Crippen LogP contribution in [0.2, 0.25) is 0 Å². The SMILES string of the molecule is C=CC1=C(C)c2cc3[n-]c(cc4[n-]c(cc5nc(cc1n2)C(C)=C5C=C)c(C)c4CCC(=O)O)c(CCC(=O)O)c3C.[In]. The van der Waals surface area contributed by atoms with E-state index in [9.17, 15) is 19.8 Å². The second-order valence-corrected chi connectivity index (χ2v) is 10.6. The zero-order valence-corrected chi connectivity index (χ0v) is 28.1. The van der Waals surface area contributed by atoms with E-state index in [1.54, 1.807) is 12.2 Å². The molecule has 0 fully saturated rings. The number of nitrogens with zero attached hydrogens (tertiary/aromatic N) is 4. The second kappa shape index (κ2) is 12.6. The molecule has 8 nitrogen and oxygen atoms in total. The van der Waals surface area contributed by atoms with Crippen molar-refractivity contribution in [3.63, 3.8) is 0 Å². The molecule has 0 saturated heterocycles. The van der Waals surface area contributed by atoms with E-state index >= 15 is 0 Å². The average Bonchev–Trinajstić information content (AvgIpc) is 3.59. The zero-order valence-electron chi connectivity index (χ0n) is 24.8. The normalized spacial score (nSPS) is 12.7. The van der Waals surface area contributed by atoms with Crippen molar-refractivity contribution in [1.82, 2.24) is 19.9 Å². The number of aromatic nitrogens is 4. The maximum absolute atomic E-state index is 11.5. The van der Waals surface area contributed by atoms with Crippen molar-refractivity contribution in [3.8, 4) is 0 Å². The Bertz CT molecular complexity index is 1920. The Hall–Kier alpha value is -4.11. The van der Waals surface area contributed by atoms with E-state index in [4.69, 9.17) is 19.9 Å². The van der Waals surface area contributed by atoms with E-state index in [0.29, 0.717) is 40.6 Å². The van der Waals surface area contributed by atoms with Crippen LogP contribution in [0.15, 0.2) is 49.6 Å². The summed E-state index contributed by atoms with van der Waals surface area (Å²) in [6.07, 6.45) is 4.06. The standard InChI is InChI=1S/C34H34N4O4.In/c1-7-21-17(3)25-13-26-19(5)23(9-11-33(39)40)31(37-26)16-32-24(10-12-34(41)42)20(6)28(38-32)15-30-22(8-2)18(4)27(36-30)14-29(21)35-25;/h7-8,13-16H,1-2,9-12H2,3-6H3,(H4,35,36,37,38,39,40,41,42);/p-2. The molecule has 0 spiro atoms. The fraction of sp³-hybridized carbons (Fsp3) is 0.235. The molecular formula is C34H32InN4O4-2. The number of aliphatic carboxylic acids is 2. The van der Waals surface area contributed by atoms with Gasteiger partial charge in [-0.15, -0.1) is 22.1 Å². The number of fused-ring (bicyclic) bond motifs is 8. The summed E-state index contributed by atoms with van der Waals surface area (Å²) in [5.74, 6) is -1.80. The molecule has 2 N–H and O–H groups in total. The van der Waals surface area contributed by atoms with E-state index in [1.807, 2.05) is 52.0 Å². The summed E-state index contributed by atoms with van der Waals surface area (Å²) in [4.78, 5) is 42.7. The third kappa shape index (κ3) is 6.04. The molecule has 0 unspecified atom stereocenters. The molecule has 9 heteroatoms. The maximum atomic E-state index is 11.5. The minimum atomic E-state index is -0.898. The van der Waals surface area contributed by atoms with Gasteiger partial charge in [0, 0.05) is 49.8 Å². The summed E-state index contributed by atoms with van der Waals surface area (Å²) in [5.41, 5.74) is 12.6. The third-order valence-corrected chi connectivity index (χ3v) is 8.06. The van der Waals surface area contributed by atoms with Crippen molar-refractivity contribution < 1.29 is 19.8 Å². The average molecular weight is 675 g/mol. The predicted octanol–water partition coefficient (Wildman–Crippen LogP) is 6.08. The Morgan fingerprint density at radius 2 is 1.07 bits per heavy atom. The molecule has 3 aromatic rings. The number of hydrogen-bond acceptors (Lipinski definition) is 4. The van der Waals surface area contributed by atoms with Gasteiger partial charge in [0.2, 0.25) is 0 Å². The van der Waals surface area contributed by atoms with E-state index in [0.717, 1.165) is 61.6 Å². The maximum Gasteiger partial charge on any atom is 0.303 e. The van der Waals surface area contributed by atoms with Crippen LogP contribution in [0.25, 0.3) is 44.4 Å². The number of carbonyl (C=O) groups is 2. The van der Waals surface area contributed by atoms with E-state index in [2.05, 4.69) is 13.2 Å². The van der Waals surface area contributed by atoms with Crippen molar-refractivity contribution in [2.45, 2.75) is 53.4 Å². The van der Waals surface area contributed by atoms with E-state index in [1.165, 1.54) is 0 Å². The minimum absolute atomic E-state index is 0. The van der Waals surface area contributed by atoms with Crippen LogP contribution in [0.3, 0.4) is 0 Å². The molecule has 2 aliphatic rings. The summed E-state index contributed by atoms with van der Waals surface area (Å²) in [5, 5.41) is 18.9.